The molecule has 88 valence electrons. The maximum absolute atomic E-state index is 11.2. The van der Waals surface area contributed by atoms with E-state index in [0.717, 1.165) is 6.42 Å². The third-order valence-electron chi connectivity index (χ3n) is 2.20. The van der Waals surface area contributed by atoms with Crippen molar-refractivity contribution >= 4 is 27.2 Å². The van der Waals surface area contributed by atoms with Crippen molar-refractivity contribution in [3.05, 3.63) is 0 Å². The summed E-state index contributed by atoms with van der Waals surface area (Å²) in [5.74, 6) is 0.787. The minimum atomic E-state index is -2.78. The van der Waals surface area contributed by atoms with Crippen molar-refractivity contribution in [1.82, 2.24) is 15.8 Å². The molecular weight excluding hydrogens is 234 g/mol. The van der Waals surface area contributed by atoms with Gasteiger partial charge >= 0.3 is 0 Å². The summed E-state index contributed by atoms with van der Waals surface area (Å²) >= 11 is 5.01. The van der Waals surface area contributed by atoms with Crippen LogP contribution < -0.4 is 10.7 Å². The van der Waals surface area contributed by atoms with Crippen LogP contribution in [0, 0.1) is 5.92 Å². The number of hydrazine groups is 1. The van der Waals surface area contributed by atoms with Gasteiger partial charge in [0.05, 0.1) is 11.5 Å². The fourth-order valence-corrected chi connectivity index (χ4v) is 3.64. The average Bonchev–Trinajstić information content (AvgIpc) is 2.41. The van der Waals surface area contributed by atoms with Gasteiger partial charge < -0.3 is 5.32 Å². The van der Waals surface area contributed by atoms with Crippen LogP contribution in [0.2, 0.25) is 0 Å². The molecule has 1 heterocycles. The Morgan fingerprint density at radius 3 is 2.67 bits per heavy atom. The second-order valence-corrected chi connectivity index (χ2v) is 6.62. The van der Waals surface area contributed by atoms with E-state index in [2.05, 4.69) is 10.7 Å². The summed E-state index contributed by atoms with van der Waals surface area (Å²) in [5.41, 5.74) is 2.89. The van der Waals surface area contributed by atoms with Gasteiger partial charge in [0.1, 0.15) is 0 Å². The summed E-state index contributed by atoms with van der Waals surface area (Å²) in [5, 5.41) is 5.28. The molecular formula is C8H17N3O2S2. The molecule has 1 aliphatic rings. The first-order valence-electron chi connectivity index (χ1n) is 4.81. The van der Waals surface area contributed by atoms with E-state index < -0.39 is 9.84 Å². The van der Waals surface area contributed by atoms with Gasteiger partial charge in [0, 0.05) is 20.6 Å². The van der Waals surface area contributed by atoms with Gasteiger partial charge in [-0.25, -0.2) is 13.4 Å². The molecule has 0 bridgehead atoms. The topological polar surface area (TPSA) is 61.4 Å². The molecule has 0 saturated carbocycles. The van der Waals surface area contributed by atoms with Crippen molar-refractivity contribution in [1.29, 1.82) is 0 Å². The molecule has 1 aliphatic heterocycles. The van der Waals surface area contributed by atoms with Crippen LogP contribution in [0.15, 0.2) is 0 Å². The fraction of sp³-hybridized carbons (Fsp3) is 0.875. The van der Waals surface area contributed by atoms with E-state index in [1.54, 1.807) is 5.01 Å². The van der Waals surface area contributed by atoms with Gasteiger partial charge in [-0.1, -0.05) is 0 Å². The Kier molecular flexibility index (Phi) is 4.30. The van der Waals surface area contributed by atoms with Crippen LogP contribution >= 0.6 is 12.2 Å². The molecule has 1 saturated heterocycles. The van der Waals surface area contributed by atoms with Crippen LogP contribution in [0.3, 0.4) is 0 Å². The van der Waals surface area contributed by atoms with Crippen LogP contribution in [-0.2, 0) is 9.84 Å². The van der Waals surface area contributed by atoms with Gasteiger partial charge in [-0.15, -0.1) is 0 Å². The quantitative estimate of drug-likeness (QED) is 0.514. The zero-order valence-electron chi connectivity index (χ0n) is 8.99. The second kappa shape index (κ2) is 5.09. The van der Waals surface area contributed by atoms with Crippen LogP contribution in [0.4, 0.5) is 0 Å². The van der Waals surface area contributed by atoms with Crippen molar-refractivity contribution in [3.8, 4) is 0 Å². The van der Waals surface area contributed by atoms with E-state index in [1.165, 1.54) is 0 Å². The molecule has 0 unspecified atom stereocenters. The van der Waals surface area contributed by atoms with Crippen LogP contribution in [0.25, 0.3) is 0 Å². The molecule has 0 aromatic carbocycles. The maximum Gasteiger partial charge on any atom is 0.181 e. The van der Waals surface area contributed by atoms with Crippen LogP contribution in [0.1, 0.15) is 6.42 Å². The summed E-state index contributed by atoms with van der Waals surface area (Å²) in [6.45, 7) is 0.624. The highest BCUT2D eigenvalue weighted by Crippen LogP contribution is 2.17. The molecule has 7 heteroatoms. The molecule has 15 heavy (non-hydrogen) atoms. The second-order valence-electron chi connectivity index (χ2n) is 3.99. The Morgan fingerprint density at radius 2 is 2.20 bits per heavy atom. The number of hydrogen-bond acceptors (Lipinski definition) is 4. The third kappa shape index (κ3) is 4.76. The van der Waals surface area contributed by atoms with E-state index in [9.17, 15) is 8.42 Å². The summed E-state index contributed by atoms with van der Waals surface area (Å²) < 4.78 is 22.4. The lowest BCUT2D eigenvalue weighted by Crippen LogP contribution is -2.44. The van der Waals surface area contributed by atoms with Gasteiger partial charge in [-0.05, 0) is 24.6 Å². The highest BCUT2D eigenvalue weighted by atomic mass is 32.2. The van der Waals surface area contributed by atoms with E-state index in [4.69, 9.17) is 12.2 Å². The van der Waals surface area contributed by atoms with Crippen LogP contribution in [0.5, 0.6) is 0 Å². The smallest absolute Gasteiger partial charge is 0.181 e. The van der Waals surface area contributed by atoms with Crippen molar-refractivity contribution in [2.75, 3.05) is 32.1 Å². The zero-order chi connectivity index (χ0) is 11.5. The van der Waals surface area contributed by atoms with Gasteiger partial charge in [0.25, 0.3) is 0 Å². The molecule has 5 nitrogen and oxygen atoms in total. The van der Waals surface area contributed by atoms with Crippen molar-refractivity contribution in [2.45, 2.75) is 6.42 Å². The van der Waals surface area contributed by atoms with E-state index >= 15 is 0 Å². The number of sulfone groups is 1. The monoisotopic (exact) mass is 251 g/mol. The van der Waals surface area contributed by atoms with Gasteiger partial charge in [0.15, 0.2) is 14.9 Å². The average molecular weight is 251 g/mol. The minimum Gasteiger partial charge on any atom is -0.361 e. The van der Waals surface area contributed by atoms with E-state index in [0.29, 0.717) is 17.4 Å². The van der Waals surface area contributed by atoms with Gasteiger partial charge in [-0.3, -0.25) is 5.43 Å². The predicted octanol–water partition coefficient (Wildman–Crippen LogP) is -0.638. The standard InChI is InChI=1S/C8H17N3O2S2/c1-11(2)10-8(14)9-5-7-3-4-15(12,13)6-7/h7H,3-6H2,1-2H3,(H2,9,10,14)/t7-/m0/s1. The first-order valence-corrected chi connectivity index (χ1v) is 7.04. The molecule has 1 fully saturated rings. The Labute approximate surface area is 96.1 Å². The first-order chi connectivity index (χ1) is 6.89. The largest absolute Gasteiger partial charge is 0.361 e. The number of rotatable bonds is 3. The molecule has 1 atom stereocenters. The molecule has 0 aliphatic carbocycles. The van der Waals surface area contributed by atoms with Crippen molar-refractivity contribution in [3.63, 3.8) is 0 Å². The van der Waals surface area contributed by atoms with Gasteiger partial charge in [-0.2, -0.15) is 0 Å². The Balaban J connectivity index is 2.24. The Bertz CT molecular complexity index is 327. The molecule has 0 aromatic rings. The van der Waals surface area contributed by atoms with Crippen molar-refractivity contribution in [2.24, 2.45) is 5.92 Å². The number of thiocarbonyl (C=S) groups is 1. The lowest BCUT2D eigenvalue weighted by molar-refractivity contribution is 0.358. The molecule has 0 spiro atoms. The highest BCUT2D eigenvalue weighted by molar-refractivity contribution is 7.91. The molecule has 0 radical (unpaired) electrons. The number of hydrogen-bond donors (Lipinski definition) is 2. The summed E-state index contributed by atoms with van der Waals surface area (Å²) in [6.07, 6.45) is 0.736. The first kappa shape index (κ1) is 12.7. The van der Waals surface area contributed by atoms with Crippen LogP contribution in [-0.4, -0.2) is 50.7 Å². The SMILES string of the molecule is CN(C)NC(=S)NC[C@@H]1CCS(=O)(=O)C1. The predicted molar refractivity (Wildman–Crippen MR) is 64.2 cm³/mol. The van der Waals surface area contributed by atoms with E-state index in [1.807, 2.05) is 14.1 Å². The molecule has 0 amide bonds. The molecule has 2 N–H and O–H groups in total. The normalized spacial score (nSPS) is 24.1. The highest BCUT2D eigenvalue weighted by Gasteiger charge is 2.27. The zero-order valence-corrected chi connectivity index (χ0v) is 10.6. The minimum absolute atomic E-state index is 0.192. The Morgan fingerprint density at radius 1 is 1.53 bits per heavy atom. The number of nitrogens with zero attached hydrogens (tertiary/aromatic N) is 1. The fourth-order valence-electron chi connectivity index (χ4n) is 1.51. The summed E-state index contributed by atoms with van der Waals surface area (Å²) in [7, 11) is 0.902. The summed E-state index contributed by atoms with van der Waals surface area (Å²) in [6, 6.07) is 0. The molecule has 1 rings (SSSR count). The molecule has 0 aromatic heterocycles. The van der Waals surface area contributed by atoms with E-state index in [-0.39, 0.29) is 11.7 Å². The van der Waals surface area contributed by atoms with Gasteiger partial charge in [0.2, 0.25) is 0 Å². The Hall–Kier alpha value is -0.400. The maximum atomic E-state index is 11.2. The lowest BCUT2D eigenvalue weighted by atomic mass is 10.1. The third-order valence-corrected chi connectivity index (χ3v) is 4.28. The van der Waals surface area contributed by atoms with Crippen molar-refractivity contribution < 1.29 is 8.42 Å². The lowest BCUT2D eigenvalue weighted by Gasteiger charge is -2.17. The summed E-state index contributed by atoms with van der Waals surface area (Å²) in [4.78, 5) is 0. The number of nitrogens with one attached hydrogen (secondary N) is 2.